The van der Waals surface area contributed by atoms with E-state index in [1.807, 2.05) is 0 Å². The summed E-state index contributed by atoms with van der Waals surface area (Å²) in [4.78, 5) is 0. The van der Waals surface area contributed by atoms with Crippen molar-refractivity contribution in [3.8, 4) is 0 Å². The van der Waals surface area contributed by atoms with E-state index in [4.69, 9.17) is 0 Å². The molecule has 2 nitrogen and oxygen atoms in total. The average Bonchev–Trinajstić information content (AvgIpc) is 1.88. The van der Waals surface area contributed by atoms with Gasteiger partial charge in [0.1, 0.15) is 0 Å². The van der Waals surface area contributed by atoms with Crippen molar-refractivity contribution in [2.75, 3.05) is 5.75 Å². The summed E-state index contributed by atoms with van der Waals surface area (Å²) in [5, 5.41) is -0.243. The average molecular weight is 176 g/mol. The standard InChI is InChI=1S/C8H16O2S/c1-4-5-6-7-11(9,10)8(2)3/h4,8H,1,5-7H2,2-3H3. The van der Waals surface area contributed by atoms with Gasteiger partial charge in [-0.3, -0.25) is 0 Å². The molecule has 0 saturated heterocycles. The van der Waals surface area contributed by atoms with E-state index < -0.39 is 9.84 Å². The minimum absolute atomic E-state index is 0.243. The molecule has 0 aliphatic carbocycles. The molecule has 0 spiro atoms. The Balaban J connectivity index is 3.84. The Bertz CT molecular complexity index is 202. The van der Waals surface area contributed by atoms with Crippen molar-refractivity contribution >= 4 is 9.84 Å². The van der Waals surface area contributed by atoms with Crippen LogP contribution in [-0.4, -0.2) is 19.4 Å². The SMILES string of the molecule is C=CCCCS(=O)(=O)C(C)C. The normalized spacial score (nSPS) is 11.9. The van der Waals surface area contributed by atoms with Crippen molar-refractivity contribution in [1.29, 1.82) is 0 Å². The molecule has 0 bridgehead atoms. The van der Waals surface area contributed by atoms with Crippen molar-refractivity contribution in [1.82, 2.24) is 0 Å². The highest BCUT2D eigenvalue weighted by Crippen LogP contribution is 2.04. The molecular weight excluding hydrogens is 160 g/mol. The molecule has 11 heavy (non-hydrogen) atoms. The van der Waals surface area contributed by atoms with Crippen LogP contribution in [0.25, 0.3) is 0 Å². The van der Waals surface area contributed by atoms with E-state index in [0.717, 1.165) is 6.42 Å². The van der Waals surface area contributed by atoms with Crippen molar-refractivity contribution in [2.45, 2.75) is 31.9 Å². The molecule has 3 heteroatoms. The predicted molar refractivity (Wildman–Crippen MR) is 48.4 cm³/mol. The van der Waals surface area contributed by atoms with E-state index in [-0.39, 0.29) is 11.0 Å². The van der Waals surface area contributed by atoms with Crippen LogP contribution in [-0.2, 0) is 9.84 Å². The molecule has 0 atom stereocenters. The zero-order chi connectivity index (χ0) is 8.91. The first-order chi connectivity index (χ1) is 5.00. The molecular formula is C8H16O2S. The van der Waals surface area contributed by atoms with Crippen LogP contribution in [0, 0.1) is 0 Å². The second-order valence-corrected chi connectivity index (χ2v) is 5.52. The fourth-order valence-corrected chi connectivity index (χ4v) is 1.70. The molecule has 0 saturated carbocycles. The van der Waals surface area contributed by atoms with Crippen molar-refractivity contribution in [3.05, 3.63) is 12.7 Å². The zero-order valence-corrected chi connectivity index (χ0v) is 8.02. The lowest BCUT2D eigenvalue weighted by atomic mass is 10.3. The Hall–Kier alpha value is -0.310. The topological polar surface area (TPSA) is 34.1 Å². The lowest BCUT2D eigenvalue weighted by Gasteiger charge is -2.05. The third-order valence-corrected chi connectivity index (χ3v) is 3.85. The summed E-state index contributed by atoms with van der Waals surface area (Å²) in [6, 6.07) is 0. The largest absolute Gasteiger partial charge is 0.229 e. The number of sulfone groups is 1. The van der Waals surface area contributed by atoms with Gasteiger partial charge in [-0.25, -0.2) is 8.42 Å². The fraction of sp³-hybridized carbons (Fsp3) is 0.750. The number of rotatable bonds is 5. The monoisotopic (exact) mass is 176 g/mol. The van der Waals surface area contributed by atoms with Crippen LogP contribution in [0.5, 0.6) is 0 Å². The van der Waals surface area contributed by atoms with Gasteiger partial charge in [-0.05, 0) is 26.7 Å². The second kappa shape index (κ2) is 4.54. The molecule has 0 aromatic carbocycles. The Morgan fingerprint density at radius 1 is 1.45 bits per heavy atom. The number of hydrogen-bond acceptors (Lipinski definition) is 2. The van der Waals surface area contributed by atoms with Gasteiger partial charge in [0.2, 0.25) is 0 Å². The molecule has 66 valence electrons. The molecule has 0 aromatic rings. The Morgan fingerprint density at radius 3 is 2.36 bits per heavy atom. The molecule has 0 aromatic heterocycles. The lowest BCUT2D eigenvalue weighted by molar-refractivity contribution is 0.585. The summed E-state index contributed by atoms with van der Waals surface area (Å²) in [5.41, 5.74) is 0. The smallest absolute Gasteiger partial charge is 0.152 e. The Morgan fingerprint density at radius 2 is 2.00 bits per heavy atom. The molecule has 0 aliphatic heterocycles. The van der Waals surface area contributed by atoms with Gasteiger partial charge in [-0.1, -0.05) is 6.08 Å². The van der Waals surface area contributed by atoms with Crippen molar-refractivity contribution in [2.24, 2.45) is 0 Å². The lowest BCUT2D eigenvalue weighted by Crippen LogP contribution is -2.17. The van der Waals surface area contributed by atoms with E-state index in [0.29, 0.717) is 6.42 Å². The molecule has 0 unspecified atom stereocenters. The first-order valence-corrected chi connectivity index (χ1v) is 5.54. The number of hydrogen-bond donors (Lipinski definition) is 0. The summed E-state index contributed by atoms with van der Waals surface area (Å²) in [6.07, 6.45) is 3.23. The Kier molecular flexibility index (Phi) is 4.42. The van der Waals surface area contributed by atoms with Crippen LogP contribution < -0.4 is 0 Å². The van der Waals surface area contributed by atoms with E-state index in [1.54, 1.807) is 19.9 Å². The van der Waals surface area contributed by atoms with E-state index in [1.165, 1.54) is 0 Å². The maximum Gasteiger partial charge on any atom is 0.152 e. The quantitative estimate of drug-likeness (QED) is 0.472. The van der Waals surface area contributed by atoms with Gasteiger partial charge in [0, 0.05) is 0 Å². The summed E-state index contributed by atoms with van der Waals surface area (Å²) in [7, 11) is -2.82. The molecule has 0 N–H and O–H groups in total. The van der Waals surface area contributed by atoms with Gasteiger partial charge in [0.15, 0.2) is 9.84 Å². The second-order valence-electron chi connectivity index (χ2n) is 2.85. The maximum atomic E-state index is 11.2. The van der Waals surface area contributed by atoms with E-state index >= 15 is 0 Å². The number of allylic oxidation sites excluding steroid dienone is 1. The van der Waals surface area contributed by atoms with Crippen LogP contribution in [0.15, 0.2) is 12.7 Å². The highest BCUT2D eigenvalue weighted by molar-refractivity contribution is 7.91. The van der Waals surface area contributed by atoms with Gasteiger partial charge in [0.05, 0.1) is 11.0 Å². The molecule has 0 amide bonds. The summed E-state index contributed by atoms with van der Waals surface area (Å²) in [6.45, 7) is 6.95. The fourth-order valence-electron chi connectivity index (χ4n) is 0.665. The minimum atomic E-state index is -2.82. The summed E-state index contributed by atoms with van der Waals surface area (Å²) in [5.74, 6) is 0.288. The first-order valence-electron chi connectivity index (χ1n) is 3.83. The van der Waals surface area contributed by atoms with Crippen LogP contribution in [0.3, 0.4) is 0 Å². The highest BCUT2D eigenvalue weighted by Gasteiger charge is 2.14. The van der Waals surface area contributed by atoms with Gasteiger partial charge in [0.25, 0.3) is 0 Å². The van der Waals surface area contributed by atoms with Crippen LogP contribution in [0.1, 0.15) is 26.7 Å². The zero-order valence-electron chi connectivity index (χ0n) is 7.21. The van der Waals surface area contributed by atoms with Gasteiger partial charge in [-0.2, -0.15) is 0 Å². The molecule has 0 fully saturated rings. The van der Waals surface area contributed by atoms with Gasteiger partial charge >= 0.3 is 0 Å². The Labute approximate surface area is 69.2 Å². The van der Waals surface area contributed by atoms with Gasteiger partial charge < -0.3 is 0 Å². The van der Waals surface area contributed by atoms with Crippen LogP contribution in [0.2, 0.25) is 0 Å². The van der Waals surface area contributed by atoms with Crippen LogP contribution in [0.4, 0.5) is 0 Å². The van der Waals surface area contributed by atoms with Crippen LogP contribution >= 0.6 is 0 Å². The van der Waals surface area contributed by atoms with Crippen molar-refractivity contribution in [3.63, 3.8) is 0 Å². The maximum absolute atomic E-state index is 11.2. The predicted octanol–water partition coefficient (Wildman–Crippen LogP) is 1.78. The third kappa shape index (κ3) is 4.19. The van der Waals surface area contributed by atoms with Crippen molar-refractivity contribution < 1.29 is 8.42 Å². The van der Waals surface area contributed by atoms with E-state index in [9.17, 15) is 8.42 Å². The molecule has 0 radical (unpaired) electrons. The number of unbranched alkanes of at least 4 members (excludes halogenated alkanes) is 1. The van der Waals surface area contributed by atoms with Gasteiger partial charge in [-0.15, -0.1) is 6.58 Å². The highest BCUT2D eigenvalue weighted by atomic mass is 32.2. The summed E-state index contributed by atoms with van der Waals surface area (Å²) < 4.78 is 22.3. The molecule has 0 rings (SSSR count). The molecule has 0 aliphatic rings. The first kappa shape index (κ1) is 10.7. The third-order valence-electron chi connectivity index (χ3n) is 1.56. The molecule has 0 heterocycles. The van der Waals surface area contributed by atoms with E-state index in [2.05, 4.69) is 6.58 Å². The minimum Gasteiger partial charge on any atom is -0.229 e. The summed E-state index contributed by atoms with van der Waals surface area (Å²) >= 11 is 0.